The van der Waals surface area contributed by atoms with Crippen molar-refractivity contribution in [2.24, 2.45) is 11.8 Å². The Morgan fingerprint density at radius 2 is 1.65 bits per heavy atom. The highest BCUT2D eigenvalue weighted by Gasteiger charge is 2.38. The Bertz CT molecular complexity index is 351. The van der Waals surface area contributed by atoms with E-state index in [-0.39, 0.29) is 11.8 Å². The minimum atomic E-state index is -0.798. The molecule has 2 atom stereocenters. The Morgan fingerprint density at radius 3 is 2.20 bits per heavy atom. The fourth-order valence-electron chi connectivity index (χ4n) is 3.46. The molecule has 1 aliphatic carbocycles. The third-order valence-electron chi connectivity index (χ3n) is 4.62. The average Bonchev–Trinajstić information content (AvgIpc) is 2.47. The number of carboxylic acids is 1. The number of aliphatic carboxylic acids is 1. The van der Waals surface area contributed by atoms with Crippen molar-refractivity contribution < 1.29 is 14.7 Å². The SMILES string of the molecule is CCCN1CCN(C(=O)[C@@H]2CCCC[C@@H]2C(=O)O)CC1. The predicted molar refractivity (Wildman–Crippen MR) is 76.4 cm³/mol. The lowest BCUT2D eigenvalue weighted by Gasteiger charge is -2.38. The summed E-state index contributed by atoms with van der Waals surface area (Å²) < 4.78 is 0. The van der Waals surface area contributed by atoms with E-state index in [1.54, 1.807) is 0 Å². The van der Waals surface area contributed by atoms with E-state index in [2.05, 4.69) is 11.8 Å². The van der Waals surface area contributed by atoms with Crippen LogP contribution < -0.4 is 0 Å². The molecule has 1 saturated heterocycles. The highest BCUT2D eigenvalue weighted by molar-refractivity contribution is 5.85. The summed E-state index contributed by atoms with van der Waals surface area (Å²) in [5, 5.41) is 9.29. The zero-order valence-electron chi connectivity index (χ0n) is 12.4. The van der Waals surface area contributed by atoms with Crippen molar-refractivity contribution >= 4 is 11.9 Å². The van der Waals surface area contributed by atoms with Gasteiger partial charge in [0.05, 0.1) is 11.8 Å². The molecule has 20 heavy (non-hydrogen) atoms. The molecule has 114 valence electrons. The van der Waals surface area contributed by atoms with Gasteiger partial charge in [-0.3, -0.25) is 14.5 Å². The maximum Gasteiger partial charge on any atom is 0.307 e. The van der Waals surface area contributed by atoms with Crippen molar-refractivity contribution in [3.05, 3.63) is 0 Å². The largest absolute Gasteiger partial charge is 0.481 e. The van der Waals surface area contributed by atoms with Crippen LogP contribution in [0.25, 0.3) is 0 Å². The van der Waals surface area contributed by atoms with Crippen LogP contribution in [0.15, 0.2) is 0 Å². The fraction of sp³-hybridized carbons (Fsp3) is 0.867. The molecule has 0 aromatic heterocycles. The summed E-state index contributed by atoms with van der Waals surface area (Å²) in [5.41, 5.74) is 0. The molecule has 2 fully saturated rings. The van der Waals surface area contributed by atoms with Crippen molar-refractivity contribution in [1.29, 1.82) is 0 Å². The van der Waals surface area contributed by atoms with Crippen LogP contribution in [-0.2, 0) is 9.59 Å². The van der Waals surface area contributed by atoms with Crippen LogP contribution in [0, 0.1) is 11.8 Å². The first-order chi connectivity index (χ1) is 9.63. The van der Waals surface area contributed by atoms with Gasteiger partial charge in [0.1, 0.15) is 0 Å². The topological polar surface area (TPSA) is 60.9 Å². The van der Waals surface area contributed by atoms with E-state index in [1.165, 1.54) is 0 Å². The monoisotopic (exact) mass is 282 g/mol. The summed E-state index contributed by atoms with van der Waals surface area (Å²) in [6.07, 6.45) is 4.45. The number of hydrogen-bond acceptors (Lipinski definition) is 3. The summed E-state index contributed by atoms with van der Waals surface area (Å²) in [5.74, 6) is -1.48. The van der Waals surface area contributed by atoms with E-state index in [1.807, 2.05) is 4.90 Å². The maximum atomic E-state index is 12.6. The quantitative estimate of drug-likeness (QED) is 0.847. The third kappa shape index (κ3) is 3.51. The Kier molecular flexibility index (Phi) is 5.40. The first-order valence-electron chi connectivity index (χ1n) is 7.87. The molecule has 0 unspecified atom stereocenters. The molecule has 0 aromatic rings. The van der Waals surface area contributed by atoms with Gasteiger partial charge in [0.15, 0.2) is 0 Å². The molecule has 1 amide bonds. The van der Waals surface area contributed by atoms with Gasteiger partial charge < -0.3 is 10.0 Å². The standard InChI is InChI=1S/C15H26N2O3/c1-2-7-16-8-10-17(11-9-16)14(18)12-5-3-4-6-13(12)15(19)20/h12-13H,2-11H2,1H3,(H,19,20)/t12-,13+/m1/s1. The molecule has 1 saturated carbocycles. The second kappa shape index (κ2) is 7.07. The number of carbonyl (C=O) groups excluding carboxylic acids is 1. The lowest BCUT2D eigenvalue weighted by molar-refractivity contribution is -0.153. The van der Waals surface area contributed by atoms with Gasteiger partial charge in [-0.2, -0.15) is 0 Å². The molecular weight excluding hydrogens is 256 g/mol. The van der Waals surface area contributed by atoms with Crippen LogP contribution >= 0.6 is 0 Å². The second-order valence-electron chi connectivity index (χ2n) is 6.00. The molecule has 0 radical (unpaired) electrons. The fourth-order valence-corrected chi connectivity index (χ4v) is 3.46. The summed E-state index contributed by atoms with van der Waals surface area (Å²) in [7, 11) is 0. The van der Waals surface area contributed by atoms with E-state index in [0.29, 0.717) is 6.42 Å². The minimum Gasteiger partial charge on any atom is -0.481 e. The van der Waals surface area contributed by atoms with Crippen LogP contribution in [0.5, 0.6) is 0 Å². The Balaban J connectivity index is 1.92. The molecule has 1 N–H and O–H groups in total. The zero-order chi connectivity index (χ0) is 14.5. The minimum absolute atomic E-state index is 0.0771. The lowest BCUT2D eigenvalue weighted by atomic mass is 9.78. The molecule has 5 nitrogen and oxygen atoms in total. The third-order valence-corrected chi connectivity index (χ3v) is 4.62. The first kappa shape index (κ1) is 15.3. The van der Waals surface area contributed by atoms with E-state index in [9.17, 15) is 14.7 Å². The van der Waals surface area contributed by atoms with Gasteiger partial charge in [-0.05, 0) is 25.8 Å². The van der Waals surface area contributed by atoms with Gasteiger partial charge in [0, 0.05) is 26.2 Å². The predicted octanol–water partition coefficient (Wildman–Crippen LogP) is 1.43. The van der Waals surface area contributed by atoms with E-state index in [0.717, 1.165) is 58.4 Å². The van der Waals surface area contributed by atoms with E-state index >= 15 is 0 Å². The number of nitrogens with zero attached hydrogens (tertiary/aromatic N) is 2. The van der Waals surface area contributed by atoms with Gasteiger partial charge in [-0.1, -0.05) is 19.8 Å². The van der Waals surface area contributed by atoms with Crippen LogP contribution in [0.2, 0.25) is 0 Å². The summed E-state index contributed by atoms with van der Waals surface area (Å²) in [6, 6.07) is 0. The normalized spacial score (nSPS) is 28.4. The molecule has 2 aliphatic rings. The van der Waals surface area contributed by atoms with Crippen LogP contribution in [0.4, 0.5) is 0 Å². The number of hydrogen-bond donors (Lipinski definition) is 1. The van der Waals surface area contributed by atoms with Gasteiger partial charge in [-0.15, -0.1) is 0 Å². The van der Waals surface area contributed by atoms with Crippen molar-refractivity contribution in [2.45, 2.75) is 39.0 Å². The Labute approximate surface area is 120 Å². The molecule has 0 aromatic carbocycles. The number of carbonyl (C=O) groups is 2. The van der Waals surface area contributed by atoms with Crippen LogP contribution in [0.3, 0.4) is 0 Å². The molecule has 0 spiro atoms. The van der Waals surface area contributed by atoms with Gasteiger partial charge in [-0.25, -0.2) is 0 Å². The molecule has 0 bridgehead atoms. The number of rotatable bonds is 4. The van der Waals surface area contributed by atoms with Crippen molar-refractivity contribution in [2.75, 3.05) is 32.7 Å². The Hall–Kier alpha value is -1.10. The first-order valence-corrected chi connectivity index (χ1v) is 7.87. The van der Waals surface area contributed by atoms with E-state index in [4.69, 9.17) is 0 Å². The van der Waals surface area contributed by atoms with Crippen LogP contribution in [0.1, 0.15) is 39.0 Å². The van der Waals surface area contributed by atoms with Gasteiger partial charge in [0.2, 0.25) is 5.91 Å². The Morgan fingerprint density at radius 1 is 1.05 bits per heavy atom. The average molecular weight is 282 g/mol. The van der Waals surface area contributed by atoms with Crippen molar-refractivity contribution in [1.82, 2.24) is 9.80 Å². The molecule has 2 rings (SSSR count). The smallest absolute Gasteiger partial charge is 0.307 e. The highest BCUT2D eigenvalue weighted by Crippen LogP contribution is 2.32. The summed E-state index contributed by atoms with van der Waals surface area (Å²) in [4.78, 5) is 28.1. The number of carboxylic acid groups (broad SMARTS) is 1. The highest BCUT2D eigenvalue weighted by atomic mass is 16.4. The van der Waals surface area contributed by atoms with Crippen molar-refractivity contribution in [3.63, 3.8) is 0 Å². The zero-order valence-corrected chi connectivity index (χ0v) is 12.4. The van der Waals surface area contributed by atoms with Crippen molar-refractivity contribution in [3.8, 4) is 0 Å². The molecule has 1 heterocycles. The van der Waals surface area contributed by atoms with E-state index < -0.39 is 11.9 Å². The molecule has 1 aliphatic heterocycles. The molecular formula is C15H26N2O3. The number of piperazine rings is 1. The second-order valence-corrected chi connectivity index (χ2v) is 6.00. The van der Waals surface area contributed by atoms with Gasteiger partial charge >= 0.3 is 5.97 Å². The summed E-state index contributed by atoms with van der Waals surface area (Å²) >= 11 is 0. The lowest BCUT2D eigenvalue weighted by Crippen LogP contribution is -2.52. The maximum absolute atomic E-state index is 12.6. The van der Waals surface area contributed by atoms with Gasteiger partial charge in [0.25, 0.3) is 0 Å². The van der Waals surface area contributed by atoms with Crippen LogP contribution in [-0.4, -0.2) is 59.5 Å². The summed E-state index contributed by atoms with van der Waals surface area (Å²) in [6.45, 7) is 6.59. The number of amides is 1. The molecule has 5 heteroatoms.